The Morgan fingerprint density at radius 2 is 1.88 bits per heavy atom. The zero-order valence-corrected chi connectivity index (χ0v) is 10.3. The van der Waals surface area contributed by atoms with Crippen molar-refractivity contribution in [3.05, 3.63) is 57.1 Å². The lowest BCUT2D eigenvalue weighted by Crippen LogP contribution is -2.28. The third-order valence-corrected chi connectivity index (χ3v) is 2.49. The molecular weight excluding hydrogens is 242 g/mol. The van der Waals surface area contributed by atoms with E-state index in [0.717, 1.165) is 0 Å². The summed E-state index contributed by atoms with van der Waals surface area (Å²) in [4.78, 5) is 21.9. The molecule has 1 aromatic carbocycles. The topological polar surface area (TPSA) is 60.2 Å². The maximum absolute atomic E-state index is 11.7. The lowest BCUT2D eigenvalue weighted by Gasteiger charge is -2.09. The van der Waals surface area contributed by atoms with Crippen molar-refractivity contribution in [2.75, 3.05) is 0 Å². The molecule has 0 saturated carbocycles. The Morgan fingerprint density at radius 3 is 2.35 bits per heavy atom. The molecule has 0 atom stereocenters. The fourth-order valence-electron chi connectivity index (χ4n) is 1.05. The van der Waals surface area contributed by atoms with E-state index in [0.29, 0.717) is 10.6 Å². The van der Waals surface area contributed by atoms with Crippen LogP contribution in [0.4, 0.5) is 0 Å². The quantitative estimate of drug-likeness (QED) is 0.358. The third kappa shape index (κ3) is 3.67. The minimum absolute atomic E-state index is 0.281. The summed E-state index contributed by atoms with van der Waals surface area (Å²) in [6.07, 6.45) is 2.50. The van der Waals surface area contributed by atoms with Gasteiger partial charge in [0.15, 0.2) is 5.78 Å². The summed E-state index contributed by atoms with van der Waals surface area (Å²) in [5.74, 6) is -0.281. The van der Waals surface area contributed by atoms with Crippen LogP contribution in [0.25, 0.3) is 0 Å². The van der Waals surface area contributed by atoms with Gasteiger partial charge >= 0.3 is 0 Å². The Morgan fingerprint density at radius 1 is 1.35 bits per heavy atom. The number of benzene rings is 1. The molecule has 0 aliphatic carbocycles. The molecule has 0 amide bonds. The maximum Gasteiger partial charge on any atom is 0.235 e. The molecule has 0 saturated heterocycles. The molecule has 0 aliphatic rings. The second-order valence-electron chi connectivity index (χ2n) is 4.12. The first-order valence-corrected chi connectivity index (χ1v) is 5.34. The lowest BCUT2D eigenvalue weighted by atomic mass is 10.0. The molecular formula is C12H12ClNO3. The zero-order valence-electron chi connectivity index (χ0n) is 9.51. The number of nitro groups is 1. The van der Waals surface area contributed by atoms with Crippen LogP contribution < -0.4 is 0 Å². The maximum atomic E-state index is 11.7. The van der Waals surface area contributed by atoms with E-state index in [1.807, 2.05) is 0 Å². The number of nitrogens with zero attached hydrogens (tertiary/aromatic N) is 1. The molecule has 1 aromatic rings. The average molecular weight is 254 g/mol. The predicted molar refractivity (Wildman–Crippen MR) is 66.0 cm³/mol. The number of carbonyl (C=O) groups is 1. The van der Waals surface area contributed by atoms with Crippen LogP contribution in [0, 0.1) is 10.1 Å². The zero-order chi connectivity index (χ0) is 13.1. The Hall–Kier alpha value is -1.68. The molecule has 0 N–H and O–H groups in total. The van der Waals surface area contributed by atoms with Crippen LogP contribution in [0.1, 0.15) is 24.2 Å². The fraction of sp³-hybridized carbons (Fsp3) is 0.250. The van der Waals surface area contributed by atoms with Crippen molar-refractivity contribution in [1.29, 1.82) is 0 Å². The number of allylic oxidation sites excluding steroid dienone is 1. The van der Waals surface area contributed by atoms with E-state index in [-0.39, 0.29) is 5.78 Å². The van der Waals surface area contributed by atoms with Gasteiger partial charge in [-0.3, -0.25) is 14.9 Å². The molecule has 90 valence electrons. The number of hydrogen-bond acceptors (Lipinski definition) is 3. The van der Waals surface area contributed by atoms with Crippen molar-refractivity contribution in [3.8, 4) is 0 Å². The Balaban J connectivity index is 2.83. The van der Waals surface area contributed by atoms with Crippen molar-refractivity contribution >= 4 is 17.4 Å². The van der Waals surface area contributed by atoms with E-state index in [1.165, 1.54) is 26.0 Å². The van der Waals surface area contributed by atoms with Gasteiger partial charge in [0.2, 0.25) is 5.54 Å². The highest BCUT2D eigenvalue weighted by Crippen LogP contribution is 2.13. The van der Waals surface area contributed by atoms with Crippen LogP contribution in [0.5, 0.6) is 0 Å². The first kappa shape index (κ1) is 13.4. The standard InChI is InChI=1S/C12H12ClNO3/c1-12(2,14(16)17)8-7-11(15)9-3-5-10(13)6-4-9/h3-8H,1-2H3. The molecule has 0 heterocycles. The van der Waals surface area contributed by atoms with Gasteiger partial charge < -0.3 is 0 Å². The van der Waals surface area contributed by atoms with Crippen LogP contribution in [0.2, 0.25) is 5.02 Å². The molecule has 1 rings (SSSR count). The number of rotatable bonds is 4. The highest BCUT2D eigenvalue weighted by molar-refractivity contribution is 6.30. The summed E-state index contributed by atoms with van der Waals surface area (Å²) >= 11 is 5.69. The Labute approximate surface area is 104 Å². The van der Waals surface area contributed by atoms with Gasteiger partial charge in [0.05, 0.1) is 0 Å². The van der Waals surface area contributed by atoms with Crippen LogP contribution >= 0.6 is 11.6 Å². The third-order valence-electron chi connectivity index (χ3n) is 2.24. The number of hydrogen-bond donors (Lipinski definition) is 0. The highest BCUT2D eigenvalue weighted by Gasteiger charge is 2.26. The van der Waals surface area contributed by atoms with Crippen LogP contribution in [0.15, 0.2) is 36.4 Å². The smallest absolute Gasteiger partial charge is 0.235 e. The van der Waals surface area contributed by atoms with Crippen LogP contribution in [-0.4, -0.2) is 16.2 Å². The van der Waals surface area contributed by atoms with Crippen molar-refractivity contribution in [3.63, 3.8) is 0 Å². The van der Waals surface area contributed by atoms with Crippen molar-refractivity contribution in [2.24, 2.45) is 0 Å². The van der Waals surface area contributed by atoms with Crippen molar-refractivity contribution in [2.45, 2.75) is 19.4 Å². The van der Waals surface area contributed by atoms with Gasteiger partial charge in [-0.1, -0.05) is 11.6 Å². The number of halogens is 1. The van der Waals surface area contributed by atoms with Crippen LogP contribution in [0.3, 0.4) is 0 Å². The van der Waals surface area contributed by atoms with Gasteiger partial charge in [-0.15, -0.1) is 0 Å². The molecule has 17 heavy (non-hydrogen) atoms. The van der Waals surface area contributed by atoms with Crippen molar-refractivity contribution < 1.29 is 9.72 Å². The van der Waals surface area contributed by atoms with Gasteiger partial charge in [-0.05, 0) is 36.4 Å². The molecule has 5 heteroatoms. The summed E-state index contributed by atoms with van der Waals surface area (Å²) in [6.45, 7) is 2.86. The lowest BCUT2D eigenvalue weighted by molar-refractivity contribution is -0.545. The van der Waals surface area contributed by atoms with E-state index in [1.54, 1.807) is 24.3 Å². The van der Waals surface area contributed by atoms with E-state index in [2.05, 4.69) is 0 Å². The Bertz CT molecular complexity index is 463. The Kier molecular flexibility index (Phi) is 4.02. The summed E-state index contributed by atoms with van der Waals surface area (Å²) in [5, 5.41) is 11.2. The monoisotopic (exact) mass is 253 g/mol. The summed E-state index contributed by atoms with van der Waals surface area (Å²) in [5.41, 5.74) is -0.799. The highest BCUT2D eigenvalue weighted by atomic mass is 35.5. The van der Waals surface area contributed by atoms with Gasteiger partial charge in [0.1, 0.15) is 0 Å². The molecule has 0 unspecified atom stereocenters. The SMILES string of the molecule is CC(C)(C=CC(=O)c1ccc(Cl)cc1)[N+](=O)[O-]. The first-order valence-electron chi connectivity index (χ1n) is 4.96. The number of carbonyl (C=O) groups excluding carboxylic acids is 1. The molecule has 0 fully saturated rings. The van der Waals surface area contributed by atoms with E-state index in [9.17, 15) is 14.9 Å². The molecule has 0 bridgehead atoms. The summed E-state index contributed by atoms with van der Waals surface area (Å²) < 4.78 is 0. The summed E-state index contributed by atoms with van der Waals surface area (Å²) in [6, 6.07) is 6.35. The predicted octanol–water partition coefficient (Wildman–Crippen LogP) is 3.13. The minimum Gasteiger partial charge on any atom is -0.289 e. The molecule has 0 aliphatic heterocycles. The molecule has 0 aromatic heterocycles. The van der Waals surface area contributed by atoms with E-state index < -0.39 is 10.5 Å². The molecule has 0 spiro atoms. The normalized spacial score (nSPS) is 11.7. The van der Waals surface area contributed by atoms with E-state index in [4.69, 9.17) is 11.6 Å². The van der Waals surface area contributed by atoms with Crippen LogP contribution in [-0.2, 0) is 0 Å². The van der Waals surface area contributed by atoms with Gasteiger partial charge in [0, 0.05) is 29.4 Å². The minimum atomic E-state index is -1.25. The van der Waals surface area contributed by atoms with Gasteiger partial charge in [0.25, 0.3) is 0 Å². The molecule has 0 radical (unpaired) electrons. The van der Waals surface area contributed by atoms with Crippen molar-refractivity contribution in [1.82, 2.24) is 0 Å². The fourth-order valence-corrected chi connectivity index (χ4v) is 1.18. The van der Waals surface area contributed by atoms with Gasteiger partial charge in [-0.25, -0.2) is 0 Å². The second-order valence-corrected chi connectivity index (χ2v) is 4.55. The molecule has 4 nitrogen and oxygen atoms in total. The second kappa shape index (κ2) is 5.10. The largest absolute Gasteiger partial charge is 0.289 e. The average Bonchev–Trinajstić information content (AvgIpc) is 2.27. The van der Waals surface area contributed by atoms with E-state index >= 15 is 0 Å². The number of ketones is 1. The summed E-state index contributed by atoms with van der Waals surface area (Å²) in [7, 11) is 0. The van der Waals surface area contributed by atoms with Gasteiger partial charge in [-0.2, -0.15) is 0 Å². The first-order chi connectivity index (χ1) is 7.83.